The van der Waals surface area contributed by atoms with Crippen molar-refractivity contribution in [3.63, 3.8) is 0 Å². The predicted molar refractivity (Wildman–Crippen MR) is 92.5 cm³/mol. The molecule has 0 unspecified atom stereocenters. The number of benzene rings is 2. The molecule has 0 aliphatic heterocycles. The van der Waals surface area contributed by atoms with Crippen molar-refractivity contribution in [3.8, 4) is 18.1 Å². The van der Waals surface area contributed by atoms with E-state index in [4.69, 9.17) is 11.2 Å². The van der Waals surface area contributed by atoms with E-state index in [1.54, 1.807) is 25.1 Å². The van der Waals surface area contributed by atoms with Crippen molar-refractivity contribution < 1.29 is 14.3 Å². The molecule has 0 saturated carbocycles. The van der Waals surface area contributed by atoms with Gasteiger partial charge in [0.2, 0.25) is 0 Å². The lowest BCUT2D eigenvalue weighted by Crippen LogP contribution is -1.98. The van der Waals surface area contributed by atoms with Crippen molar-refractivity contribution in [3.05, 3.63) is 64.7 Å². The van der Waals surface area contributed by atoms with Crippen LogP contribution >= 0.6 is 11.8 Å². The summed E-state index contributed by atoms with van der Waals surface area (Å²) >= 11 is 1.28. The maximum Gasteiger partial charge on any atom is 0.186 e. The Balaban J connectivity index is 2.06. The van der Waals surface area contributed by atoms with Crippen molar-refractivity contribution in [2.45, 2.75) is 19.3 Å². The fourth-order valence-electron chi connectivity index (χ4n) is 2.02. The SMILES string of the molecule is C#Cc1cc(C=O)cc(OCc2cccc(CSC(C)=O)c2)c1. The van der Waals surface area contributed by atoms with Crippen LogP contribution in [0.4, 0.5) is 0 Å². The fraction of sp³-hybridized carbons (Fsp3) is 0.158. The second-order valence-electron chi connectivity index (χ2n) is 4.94. The molecule has 0 heterocycles. The maximum atomic E-state index is 11.0. The zero-order chi connectivity index (χ0) is 16.7. The van der Waals surface area contributed by atoms with Gasteiger partial charge in [-0.15, -0.1) is 6.42 Å². The molecule has 0 aliphatic carbocycles. The molecule has 116 valence electrons. The molecule has 2 aromatic carbocycles. The molecular weight excluding hydrogens is 308 g/mol. The number of carbonyl (C=O) groups excluding carboxylic acids is 2. The standard InChI is InChI=1S/C19H16O3S/c1-3-15-7-18(11-20)10-19(9-15)22-12-16-5-4-6-17(8-16)13-23-14(2)21/h1,4-11H,12-13H2,2H3. The van der Waals surface area contributed by atoms with Crippen molar-refractivity contribution in [1.29, 1.82) is 0 Å². The van der Waals surface area contributed by atoms with Gasteiger partial charge in [0.15, 0.2) is 5.12 Å². The van der Waals surface area contributed by atoms with Crippen LogP contribution in [0.15, 0.2) is 42.5 Å². The van der Waals surface area contributed by atoms with Crippen LogP contribution in [0, 0.1) is 12.3 Å². The average molecular weight is 324 g/mol. The largest absolute Gasteiger partial charge is 0.489 e. The van der Waals surface area contributed by atoms with Crippen molar-refractivity contribution in [1.82, 2.24) is 0 Å². The lowest BCUT2D eigenvalue weighted by atomic mass is 10.1. The molecular formula is C19H16O3S. The highest BCUT2D eigenvalue weighted by Crippen LogP contribution is 2.19. The van der Waals surface area contributed by atoms with E-state index in [0.29, 0.717) is 29.2 Å². The van der Waals surface area contributed by atoms with E-state index in [1.807, 2.05) is 24.3 Å². The molecule has 4 heteroatoms. The number of aldehydes is 1. The van der Waals surface area contributed by atoms with E-state index in [9.17, 15) is 9.59 Å². The number of carbonyl (C=O) groups is 2. The lowest BCUT2D eigenvalue weighted by molar-refractivity contribution is -0.109. The van der Waals surface area contributed by atoms with Gasteiger partial charge < -0.3 is 4.74 Å². The number of hydrogen-bond donors (Lipinski definition) is 0. The van der Waals surface area contributed by atoms with E-state index >= 15 is 0 Å². The summed E-state index contributed by atoms with van der Waals surface area (Å²) in [4.78, 5) is 21.9. The van der Waals surface area contributed by atoms with Gasteiger partial charge in [0.05, 0.1) is 0 Å². The van der Waals surface area contributed by atoms with Gasteiger partial charge in [0, 0.05) is 23.8 Å². The summed E-state index contributed by atoms with van der Waals surface area (Å²) in [7, 11) is 0. The molecule has 0 amide bonds. The van der Waals surface area contributed by atoms with Gasteiger partial charge in [-0.25, -0.2) is 0 Å². The highest BCUT2D eigenvalue weighted by molar-refractivity contribution is 8.12. The molecule has 2 rings (SSSR count). The van der Waals surface area contributed by atoms with Crippen LogP contribution in [0.1, 0.15) is 34.0 Å². The van der Waals surface area contributed by atoms with Crippen LogP contribution in [0.25, 0.3) is 0 Å². The third kappa shape index (κ3) is 5.32. The van der Waals surface area contributed by atoms with Gasteiger partial charge >= 0.3 is 0 Å². The van der Waals surface area contributed by atoms with Gasteiger partial charge in [-0.3, -0.25) is 9.59 Å². The first-order valence-corrected chi connectivity index (χ1v) is 8.00. The highest BCUT2D eigenvalue weighted by atomic mass is 32.2. The van der Waals surface area contributed by atoms with E-state index in [-0.39, 0.29) is 5.12 Å². The Morgan fingerprint density at radius 1 is 1.26 bits per heavy atom. The number of rotatable bonds is 6. The summed E-state index contributed by atoms with van der Waals surface area (Å²) in [5.41, 5.74) is 3.15. The van der Waals surface area contributed by atoms with Gasteiger partial charge in [0.25, 0.3) is 0 Å². The van der Waals surface area contributed by atoms with E-state index in [2.05, 4.69) is 5.92 Å². The average Bonchev–Trinajstić information content (AvgIpc) is 2.58. The van der Waals surface area contributed by atoms with Crippen molar-refractivity contribution >= 4 is 23.2 Å². The van der Waals surface area contributed by atoms with E-state index in [1.165, 1.54) is 11.8 Å². The van der Waals surface area contributed by atoms with E-state index < -0.39 is 0 Å². The Morgan fingerprint density at radius 2 is 2.04 bits per heavy atom. The van der Waals surface area contributed by atoms with E-state index in [0.717, 1.165) is 17.4 Å². The number of thioether (sulfide) groups is 1. The first kappa shape index (κ1) is 16.9. The summed E-state index contributed by atoms with van der Waals surface area (Å²) in [6.07, 6.45) is 6.12. The summed E-state index contributed by atoms with van der Waals surface area (Å²) in [5.74, 6) is 3.71. The van der Waals surface area contributed by atoms with Gasteiger partial charge in [-0.2, -0.15) is 0 Å². The molecule has 3 nitrogen and oxygen atoms in total. The molecule has 0 spiro atoms. The fourth-order valence-corrected chi connectivity index (χ4v) is 2.57. The first-order chi connectivity index (χ1) is 11.1. The molecule has 0 aromatic heterocycles. The highest BCUT2D eigenvalue weighted by Gasteiger charge is 2.03. The topological polar surface area (TPSA) is 43.4 Å². The summed E-state index contributed by atoms with van der Waals surface area (Å²) in [5, 5.41) is 0.0964. The molecule has 0 atom stereocenters. The normalized spacial score (nSPS) is 9.91. The van der Waals surface area contributed by atoms with Crippen LogP contribution in [0.3, 0.4) is 0 Å². The molecule has 0 bridgehead atoms. The van der Waals surface area contributed by atoms with Gasteiger partial charge in [-0.05, 0) is 29.3 Å². The Hall–Kier alpha value is -2.51. The first-order valence-electron chi connectivity index (χ1n) is 7.01. The Kier molecular flexibility index (Phi) is 6.02. The van der Waals surface area contributed by atoms with Crippen LogP contribution in [0.2, 0.25) is 0 Å². The van der Waals surface area contributed by atoms with Gasteiger partial charge in [-0.1, -0.05) is 41.9 Å². The van der Waals surface area contributed by atoms with Crippen LogP contribution in [-0.2, 0) is 17.2 Å². The lowest BCUT2D eigenvalue weighted by Gasteiger charge is -2.09. The zero-order valence-corrected chi connectivity index (χ0v) is 13.6. The summed E-state index contributed by atoms with van der Waals surface area (Å²) < 4.78 is 5.73. The number of ether oxygens (including phenoxy) is 1. The Bertz CT molecular complexity index is 759. The molecule has 0 saturated heterocycles. The minimum atomic E-state index is 0.0964. The Labute approximate surface area is 140 Å². The third-order valence-corrected chi connectivity index (χ3v) is 3.95. The molecule has 0 aliphatic rings. The van der Waals surface area contributed by atoms with Crippen molar-refractivity contribution in [2.24, 2.45) is 0 Å². The van der Waals surface area contributed by atoms with Crippen LogP contribution < -0.4 is 4.74 Å². The second kappa shape index (κ2) is 8.21. The molecule has 0 radical (unpaired) electrons. The summed E-state index contributed by atoms with van der Waals surface area (Å²) in [6.45, 7) is 1.92. The second-order valence-corrected chi connectivity index (χ2v) is 6.09. The maximum absolute atomic E-state index is 11.0. The molecule has 0 fully saturated rings. The zero-order valence-electron chi connectivity index (χ0n) is 12.7. The minimum absolute atomic E-state index is 0.0964. The smallest absolute Gasteiger partial charge is 0.186 e. The molecule has 0 N–H and O–H groups in total. The van der Waals surface area contributed by atoms with Crippen LogP contribution in [-0.4, -0.2) is 11.4 Å². The quantitative estimate of drug-likeness (QED) is 0.598. The Morgan fingerprint density at radius 3 is 2.74 bits per heavy atom. The van der Waals surface area contributed by atoms with Gasteiger partial charge in [0.1, 0.15) is 18.6 Å². The predicted octanol–water partition coefficient (Wildman–Crippen LogP) is 3.84. The van der Waals surface area contributed by atoms with Crippen LogP contribution in [0.5, 0.6) is 5.75 Å². The monoisotopic (exact) mass is 324 g/mol. The summed E-state index contributed by atoms with van der Waals surface area (Å²) in [6, 6.07) is 12.9. The number of hydrogen-bond acceptors (Lipinski definition) is 4. The number of terminal acetylenes is 1. The minimum Gasteiger partial charge on any atom is -0.489 e. The van der Waals surface area contributed by atoms with Crippen molar-refractivity contribution in [2.75, 3.05) is 0 Å². The molecule has 23 heavy (non-hydrogen) atoms. The third-order valence-electron chi connectivity index (χ3n) is 3.07. The molecule has 2 aromatic rings.